The van der Waals surface area contributed by atoms with E-state index in [9.17, 15) is 0 Å². The summed E-state index contributed by atoms with van der Waals surface area (Å²) >= 11 is 0. The van der Waals surface area contributed by atoms with Gasteiger partial charge in [0.1, 0.15) is 0 Å². The third kappa shape index (κ3) is 10.1. The highest BCUT2D eigenvalue weighted by atomic mass is 14.1. The third-order valence-electron chi connectivity index (χ3n) is 2.86. The Balaban J connectivity index is 3.10. The zero-order chi connectivity index (χ0) is 10.8. The summed E-state index contributed by atoms with van der Waals surface area (Å²) in [6.07, 6.45) is 11.2. The first-order valence-electron chi connectivity index (χ1n) is 6.49. The van der Waals surface area contributed by atoms with Crippen molar-refractivity contribution in [2.24, 2.45) is 11.8 Å². The molecule has 2 unspecified atom stereocenters. The quantitative estimate of drug-likeness (QED) is 0.444. The number of rotatable bonds is 9. The molecule has 14 heavy (non-hydrogen) atoms. The van der Waals surface area contributed by atoms with Gasteiger partial charge in [-0.05, 0) is 18.3 Å². The topological polar surface area (TPSA) is 0 Å². The molecule has 0 fully saturated rings. The average Bonchev–Trinajstić information content (AvgIpc) is 2.10. The van der Waals surface area contributed by atoms with Crippen LogP contribution in [0.5, 0.6) is 0 Å². The zero-order valence-electron chi connectivity index (χ0n) is 10.5. The molecule has 0 rings (SSSR count). The van der Waals surface area contributed by atoms with E-state index in [-0.39, 0.29) is 0 Å². The molecule has 0 bridgehead atoms. The minimum atomic E-state index is 0.630. The second-order valence-corrected chi connectivity index (χ2v) is 5.00. The van der Waals surface area contributed by atoms with E-state index in [0.29, 0.717) is 5.92 Å². The van der Waals surface area contributed by atoms with Crippen LogP contribution in [0.4, 0.5) is 0 Å². The predicted octanol–water partition coefficient (Wildman–Crippen LogP) is 5.23. The van der Waals surface area contributed by atoms with Crippen LogP contribution in [0.2, 0.25) is 0 Å². The van der Waals surface area contributed by atoms with Gasteiger partial charge in [0, 0.05) is 0 Å². The lowest BCUT2D eigenvalue weighted by atomic mass is 9.93. The minimum Gasteiger partial charge on any atom is -0.0654 e. The first kappa shape index (κ1) is 14.0. The summed E-state index contributed by atoms with van der Waals surface area (Å²) in [5.41, 5.74) is 0. The molecule has 0 N–H and O–H groups in total. The number of hydrogen-bond acceptors (Lipinski definition) is 0. The first-order valence-corrected chi connectivity index (χ1v) is 6.49. The van der Waals surface area contributed by atoms with Crippen LogP contribution < -0.4 is 0 Å². The molecule has 0 aliphatic rings. The molecular weight excluding hydrogens is 168 g/mol. The van der Waals surface area contributed by atoms with Gasteiger partial charge in [0.2, 0.25) is 0 Å². The Labute approximate surface area is 91.5 Å². The Morgan fingerprint density at radius 3 is 2.07 bits per heavy atom. The summed E-state index contributed by atoms with van der Waals surface area (Å²) in [5.74, 6) is 1.51. The molecule has 0 aliphatic carbocycles. The Kier molecular flexibility index (Phi) is 9.55. The maximum absolute atomic E-state index is 4.05. The minimum absolute atomic E-state index is 0.630. The van der Waals surface area contributed by atoms with Crippen molar-refractivity contribution >= 4 is 0 Å². The summed E-state index contributed by atoms with van der Waals surface area (Å²) < 4.78 is 0. The summed E-state index contributed by atoms with van der Waals surface area (Å²) in [6.45, 7) is 10.9. The van der Waals surface area contributed by atoms with Crippen molar-refractivity contribution in [2.75, 3.05) is 0 Å². The van der Waals surface area contributed by atoms with E-state index in [1.807, 2.05) is 0 Å². The van der Waals surface area contributed by atoms with Crippen LogP contribution >= 0.6 is 0 Å². The Morgan fingerprint density at radius 2 is 1.50 bits per heavy atom. The molecule has 2 atom stereocenters. The van der Waals surface area contributed by atoms with Crippen molar-refractivity contribution in [1.29, 1.82) is 0 Å². The summed E-state index contributed by atoms with van der Waals surface area (Å²) in [4.78, 5) is 0. The van der Waals surface area contributed by atoms with E-state index < -0.39 is 0 Å². The molecule has 0 saturated heterocycles. The normalized spacial score (nSPS) is 13.5. The van der Waals surface area contributed by atoms with Crippen LogP contribution in [0.1, 0.15) is 72.1 Å². The highest BCUT2D eigenvalue weighted by Gasteiger charge is 2.04. The first-order chi connectivity index (χ1) is 6.66. The van der Waals surface area contributed by atoms with Crippen LogP contribution in [-0.4, -0.2) is 0 Å². The fourth-order valence-electron chi connectivity index (χ4n) is 2.08. The Morgan fingerprint density at radius 1 is 0.929 bits per heavy atom. The van der Waals surface area contributed by atoms with Crippen molar-refractivity contribution < 1.29 is 0 Å². The highest BCUT2D eigenvalue weighted by molar-refractivity contribution is 4.61. The smallest absolute Gasteiger partial charge is 0.0440 e. The summed E-state index contributed by atoms with van der Waals surface area (Å²) in [6, 6.07) is 0. The molecule has 0 aromatic heterocycles. The largest absolute Gasteiger partial charge is 0.0654 e. The maximum atomic E-state index is 4.05. The van der Waals surface area contributed by atoms with Crippen LogP contribution in [0.3, 0.4) is 0 Å². The molecule has 0 aliphatic heterocycles. The van der Waals surface area contributed by atoms with Gasteiger partial charge in [-0.15, -0.1) is 0 Å². The second kappa shape index (κ2) is 9.55. The maximum Gasteiger partial charge on any atom is -0.0440 e. The molecule has 0 spiro atoms. The van der Waals surface area contributed by atoms with Crippen molar-refractivity contribution in [3.05, 3.63) is 6.92 Å². The lowest BCUT2D eigenvalue weighted by Crippen LogP contribution is -2.00. The Bertz CT molecular complexity index is 105. The number of hydrogen-bond donors (Lipinski definition) is 0. The fraction of sp³-hybridized carbons (Fsp3) is 0.929. The van der Waals surface area contributed by atoms with Crippen LogP contribution in [0.15, 0.2) is 0 Å². The van der Waals surface area contributed by atoms with Crippen molar-refractivity contribution in [2.45, 2.75) is 72.1 Å². The molecule has 0 aromatic rings. The average molecular weight is 197 g/mol. The van der Waals surface area contributed by atoms with Crippen molar-refractivity contribution in [3.63, 3.8) is 0 Å². The van der Waals surface area contributed by atoms with Gasteiger partial charge in [0.15, 0.2) is 0 Å². The van der Waals surface area contributed by atoms with Crippen molar-refractivity contribution in [1.82, 2.24) is 0 Å². The van der Waals surface area contributed by atoms with Gasteiger partial charge >= 0.3 is 0 Å². The van der Waals surface area contributed by atoms with Crippen molar-refractivity contribution in [3.8, 4) is 0 Å². The summed E-state index contributed by atoms with van der Waals surface area (Å²) in [5, 5.41) is 0. The molecule has 85 valence electrons. The van der Waals surface area contributed by atoms with Crippen LogP contribution in [-0.2, 0) is 0 Å². The van der Waals surface area contributed by atoms with Gasteiger partial charge in [-0.2, -0.15) is 0 Å². The van der Waals surface area contributed by atoms with E-state index in [1.165, 1.54) is 51.4 Å². The fourth-order valence-corrected chi connectivity index (χ4v) is 2.08. The highest BCUT2D eigenvalue weighted by Crippen LogP contribution is 2.18. The van der Waals surface area contributed by atoms with E-state index >= 15 is 0 Å². The molecular formula is C14H29. The van der Waals surface area contributed by atoms with Crippen LogP contribution in [0, 0.1) is 18.8 Å². The molecule has 0 saturated carbocycles. The Hall–Kier alpha value is 0. The third-order valence-corrected chi connectivity index (χ3v) is 2.86. The van der Waals surface area contributed by atoms with Gasteiger partial charge in [-0.25, -0.2) is 0 Å². The summed E-state index contributed by atoms with van der Waals surface area (Å²) in [7, 11) is 0. The van der Waals surface area contributed by atoms with Gasteiger partial charge in [0.25, 0.3) is 0 Å². The van der Waals surface area contributed by atoms with E-state index in [1.54, 1.807) is 0 Å². The van der Waals surface area contributed by atoms with Crippen LogP contribution in [0.25, 0.3) is 0 Å². The zero-order valence-corrected chi connectivity index (χ0v) is 10.5. The molecule has 0 heteroatoms. The van der Waals surface area contributed by atoms with Gasteiger partial charge in [-0.3, -0.25) is 0 Å². The molecule has 0 amide bonds. The van der Waals surface area contributed by atoms with E-state index in [0.717, 1.165) is 5.92 Å². The van der Waals surface area contributed by atoms with Gasteiger partial charge in [-0.1, -0.05) is 72.6 Å². The second-order valence-electron chi connectivity index (χ2n) is 5.00. The van der Waals surface area contributed by atoms with Gasteiger partial charge < -0.3 is 0 Å². The molecule has 0 nitrogen and oxygen atoms in total. The molecule has 0 aromatic carbocycles. The van der Waals surface area contributed by atoms with Gasteiger partial charge in [0.05, 0.1) is 0 Å². The molecule has 1 radical (unpaired) electrons. The SMILES string of the molecule is [CH2]C(C)CC(C)CCCCCCCC. The molecule has 0 heterocycles. The standard InChI is InChI=1S/C14H29/c1-5-6-7-8-9-10-11-14(4)12-13(2)3/h13-14H,2,5-12H2,1,3-4H3. The van der Waals surface area contributed by atoms with E-state index in [4.69, 9.17) is 0 Å². The lowest BCUT2D eigenvalue weighted by Gasteiger charge is -2.13. The monoisotopic (exact) mass is 197 g/mol. The van der Waals surface area contributed by atoms with E-state index in [2.05, 4.69) is 27.7 Å². The predicted molar refractivity (Wildman–Crippen MR) is 66.3 cm³/mol. The number of unbranched alkanes of at least 4 members (excludes halogenated alkanes) is 5. The lowest BCUT2D eigenvalue weighted by molar-refractivity contribution is 0.415.